The highest BCUT2D eigenvalue weighted by molar-refractivity contribution is 5.87. The number of para-hydroxylation sites is 2. The molecular weight excluding hydrogens is 414 g/mol. The van der Waals surface area contributed by atoms with Crippen LogP contribution in [0.2, 0.25) is 0 Å². The highest BCUT2D eigenvalue weighted by Gasteiger charge is 2.22. The average Bonchev–Trinajstić information content (AvgIpc) is 3.25. The summed E-state index contributed by atoms with van der Waals surface area (Å²) in [6, 6.07) is 14.6. The minimum atomic E-state index is -0.0350. The molecule has 0 radical (unpaired) electrons. The smallest absolute Gasteiger partial charge is 0.243 e. The molecule has 1 aliphatic heterocycles. The molecule has 0 spiro atoms. The Morgan fingerprint density at radius 3 is 2.85 bits per heavy atom. The second-order valence-electron chi connectivity index (χ2n) is 8.51. The van der Waals surface area contributed by atoms with Gasteiger partial charge in [0.05, 0.1) is 12.6 Å². The first kappa shape index (κ1) is 22.7. The summed E-state index contributed by atoms with van der Waals surface area (Å²) >= 11 is 0. The first-order valence-corrected chi connectivity index (χ1v) is 11.6. The number of aromatic nitrogens is 1. The van der Waals surface area contributed by atoms with E-state index < -0.39 is 0 Å². The Morgan fingerprint density at radius 2 is 2.03 bits per heavy atom. The first-order valence-electron chi connectivity index (χ1n) is 11.6. The van der Waals surface area contributed by atoms with Gasteiger partial charge in [-0.2, -0.15) is 0 Å². The van der Waals surface area contributed by atoms with Crippen LogP contribution >= 0.6 is 0 Å². The average molecular weight is 448 g/mol. The van der Waals surface area contributed by atoms with Crippen LogP contribution in [0, 0.1) is 0 Å². The molecule has 0 aliphatic carbocycles. The summed E-state index contributed by atoms with van der Waals surface area (Å²) in [6.07, 6.45) is 4.78. The lowest BCUT2D eigenvalue weighted by Crippen LogP contribution is -2.42. The Bertz CT molecular complexity index is 1130. The number of guanidine groups is 1. The lowest BCUT2D eigenvalue weighted by Gasteiger charge is -2.28. The summed E-state index contributed by atoms with van der Waals surface area (Å²) in [7, 11) is 3.49. The molecule has 7 heteroatoms. The normalized spacial score (nSPS) is 15.6. The van der Waals surface area contributed by atoms with Crippen LogP contribution in [0.15, 0.2) is 53.7 Å². The molecule has 2 aromatic carbocycles. The highest BCUT2D eigenvalue weighted by Crippen LogP contribution is 2.31. The summed E-state index contributed by atoms with van der Waals surface area (Å²) in [4.78, 5) is 21.7. The van der Waals surface area contributed by atoms with Gasteiger partial charge in [0.25, 0.3) is 0 Å². The van der Waals surface area contributed by atoms with Crippen molar-refractivity contribution >= 4 is 22.8 Å². The van der Waals surface area contributed by atoms with Gasteiger partial charge in [0.15, 0.2) is 5.96 Å². The molecule has 1 atom stereocenters. The van der Waals surface area contributed by atoms with Crippen molar-refractivity contribution in [3.63, 3.8) is 0 Å². The van der Waals surface area contributed by atoms with E-state index >= 15 is 0 Å². The summed E-state index contributed by atoms with van der Waals surface area (Å²) in [6.45, 7) is 3.62. The van der Waals surface area contributed by atoms with Gasteiger partial charge in [-0.05, 0) is 30.0 Å². The van der Waals surface area contributed by atoms with Gasteiger partial charge in [0, 0.05) is 49.7 Å². The van der Waals surface area contributed by atoms with Crippen molar-refractivity contribution in [2.24, 2.45) is 4.99 Å². The second kappa shape index (κ2) is 10.4. The Hall–Kier alpha value is -3.48. The number of amides is 1. The number of aryl methyl sites for hydroxylation is 1. The number of ether oxygens (including phenoxy) is 1. The maximum absolute atomic E-state index is 12.1. The van der Waals surface area contributed by atoms with Crippen molar-refractivity contribution in [2.45, 2.75) is 32.2 Å². The van der Waals surface area contributed by atoms with Gasteiger partial charge in [-0.3, -0.25) is 4.79 Å². The lowest BCUT2D eigenvalue weighted by molar-refractivity contribution is -0.127. The minimum absolute atomic E-state index is 0.0350. The van der Waals surface area contributed by atoms with Crippen molar-refractivity contribution in [2.75, 3.05) is 33.8 Å². The number of nitrogens with zero attached hydrogens (tertiary/aromatic N) is 2. The molecule has 1 aromatic heterocycles. The predicted molar refractivity (Wildman–Crippen MR) is 133 cm³/mol. The zero-order valence-corrected chi connectivity index (χ0v) is 19.6. The number of carbonyl (C=O) groups excluding carboxylic acids is 1. The molecule has 174 valence electrons. The van der Waals surface area contributed by atoms with E-state index in [-0.39, 0.29) is 18.5 Å². The number of nitrogens with one attached hydrogen (secondary N) is 3. The molecule has 33 heavy (non-hydrogen) atoms. The summed E-state index contributed by atoms with van der Waals surface area (Å²) in [5, 5.41) is 8.23. The minimum Gasteiger partial charge on any atom is -0.493 e. The zero-order valence-electron chi connectivity index (χ0n) is 19.6. The van der Waals surface area contributed by atoms with Gasteiger partial charge in [-0.25, -0.2) is 4.99 Å². The third kappa shape index (κ3) is 5.30. The number of hydrogen-bond acceptors (Lipinski definition) is 3. The molecule has 0 bridgehead atoms. The molecule has 1 unspecified atom stereocenters. The van der Waals surface area contributed by atoms with Gasteiger partial charge < -0.3 is 25.3 Å². The third-order valence-electron chi connectivity index (χ3n) is 6.10. The van der Waals surface area contributed by atoms with Crippen LogP contribution in [-0.2, 0) is 17.6 Å². The molecule has 1 aliphatic rings. The number of benzene rings is 2. The Balaban J connectivity index is 1.47. The van der Waals surface area contributed by atoms with Crippen LogP contribution in [0.3, 0.4) is 0 Å². The number of carbonyl (C=O) groups is 1. The van der Waals surface area contributed by atoms with Crippen molar-refractivity contribution in [1.29, 1.82) is 0 Å². The molecule has 0 saturated carbocycles. The van der Waals surface area contributed by atoms with Crippen molar-refractivity contribution in [3.05, 3.63) is 65.4 Å². The molecule has 2 heterocycles. The molecular formula is C26H33N5O2. The van der Waals surface area contributed by atoms with Crippen LogP contribution in [0.25, 0.3) is 10.9 Å². The number of fused-ring (bicyclic) bond motifs is 2. The maximum atomic E-state index is 12.1. The third-order valence-corrected chi connectivity index (χ3v) is 6.10. The standard InChI is InChI=1S/C26H33N5O2/c1-4-18-8-7-10-20-19(16-28-25(18)20)12-14-27-26(29-17-24(32)31(2)3)30-22-13-15-33-23-11-6-5-9-21(22)23/h5-11,16,22,28H,4,12-15,17H2,1-3H3,(H2,27,29,30). The molecule has 7 nitrogen and oxygen atoms in total. The van der Waals surface area contributed by atoms with Gasteiger partial charge >= 0.3 is 0 Å². The Kier molecular flexibility index (Phi) is 7.17. The van der Waals surface area contributed by atoms with E-state index in [1.807, 2.05) is 18.2 Å². The number of aromatic amines is 1. The number of hydrogen-bond donors (Lipinski definition) is 3. The Labute approximate surface area is 195 Å². The fraction of sp³-hybridized carbons (Fsp3) is 0.385. The predicted octanol–water partition coefficient (Wildman–Crippen LogP) is 3.42. The quantitative estimate of drug-likeness (QED) is 0.383. The largest absolute Gasteiger partial charge is 0.493 e. The van der Waals surface area contributed by atoms with Gasteiger partial charge in [-0.15, -0.1) is 0 Å². The number of likely N-dealkylation sites (N-methyl/N-ethyl adjacent to an activating group) is 1. The lowest BCUT2D eigenvalue weighted by atomic mass is 10.0. The molecule has 0 saturated heterocycles. The number of rotatable bonds is 7. The van der Waals surface area contributed by atoms with Crippen LogP contribution in [0.1, 0.15) is 36.1 Å². The molecule has 4 rings (SSSR count). The van der Waals surface area contributed by atoms with Crippen LogP contribution in [-0.4, -0.2) is 55.5 Å². The molecule has 1 amide bonds. The van der Waals surface area contributed by atoms with Crippen LogP contribution < -0.4 is 15.4 Å². The topological polar surface area (TPSA) is 81.8 Å². The summed E-state index contributed by atoms with van der Waals surface area (Å²) < 4.78 is 5.79. The molecule has 3 aromatic rings. The zero-order chi connectivity index (χ0) is 23.2. The van der Waals surface area contributed by atoms with Crippen molar-refractivity contribution in [1.82, 2.24) is 20.5 Å². The van der Waals surface area contributed by atoms with E-state index in [0.717, 1.165) is 30.6 Å². The van der Waals surface area contributed by atoms with Gasteiger partial charge in [-0.1, -0.05) is 43.3 Å². The van der Waals surface area contributed by atoms with E-state index in [0.29, 0.717) is 19.1 Å². The summed E-state index contributed by atoms with van der Waals surface area (Å²) in [5.74, 6) is 1.50. The van der Waals surface area contributed by atoms with E-state index in [9.17, 15) is 4.79 Å². The van der Waals surface area contributed by atoms with Crippen LogP contribution in [0.5, 0.6) is 5.75 Å². The van der Waals surface area contributed by atoms with Crippen molar-refractivity contribution < 1.29 is 9.53 Å². The van der Waals surface area contributed by atoms with E-state index in [1.54, 1.807) is 19.0 Å². The monoisotopic (exact) mass is 447 g/mol. The Morgan fingerprint density at radius 1 is 1.18 bits per heavy atom. The fourth-order valence-corrected chi connectivity index (χ4v) is 4.19. The van der Waals surface area contributed by atoms with Crippen molar-refractivity contribution in [3.8, 4) is 5.75 Å². The van der Waals surface area contributed by atoms with Gasteiger partial charge in [0.1, 0.15) is 12.3 Å². The number of H-pyrrole nitrogens is 1. The number of aliphatic imine (C=N–C) groups is 1. The maximum Gasteiger partial charge on any atom is 0.243 e. The molecule has 0 fully saturated rings. The van der Waals surface area contributed by atoms with E-state index in [1.165, 1.54) is 22.0 Å². The van der Waals surface area contributed by atoms with Gasteiger partial charge in [0.2, 0.25) is 5.91 Å². The summed E-state index contributed by atoms with van der Waals surface area (Å²) in [5.41, 5.74) is 4.93. The van der Waals surface area contributed by atoms with E-state index in [2.05, 4.69) is 58.0 Å². The first-order chi connectivity index (χ1) is 16.1. The van der Waals surface area contributed by atoms with Crippen LogP contribution in [0.4, 0.5) is 0 Å². The SMILES string of the molecule is CCc1cccc2c(CCNC(=NCC(=O)N(C)C)NC3CCOc4ccccc43)c[nH]c12. The highest BCUT2D eigenvalue weighted by atomic mass is 16.5. The molecule has 3 N–H and O–H groups in total. The van der Waals surface area contributed by atoms with E-state index in [4.69, 9.17) is 4.74 Å². The fourth-order valence-electron chi connectivity index (χ4n) is 4.19. The second-order valence-corrected chi connectivity index (χ2v) is 8.51.